The second-order valence-corrected chi connectivity index (χ2v) is 6.02. The molecular weight excluding hydrogens is 276 g/mol. The Morgan fingerprint density at radius 2 is 1.90 bits per heavy atom. The third-order valence-corrected chi connectivity index (χ3v) is 4.53. The summed E-state index contributed by atoms with van der Waals surface area (Å²) < 4.78 is 0. The smallest absolute Gasteiger partial charge is 0.329 e. The number of pyridine rings is 1. The number of hydrogen-bond acceptors (Lipinski definition) is 4. The maximum atomic E-state index is 12.0. The summed E-state index contributed by atoms with van der Waals surface area (Å²) in [5, 5.41) is 12.1. The number of rotatable bonds is 5. The number of thioether (sulfide) groups is 1. The highest BCUT2D eigenvalue weighted by Crippen LogP contribution is 2.28. The Labute approximate surface area is 122 Å². The van der Waals surface area contributed by atoms with Crippen molar-refractivity contribution in [1.29, 1.82) is 0 Å². The van der Waals surface area contributed by atoms with Gasteiger partial charge in [0.15, 0.2) is 0 Å². The van der Waals surface area contributed by atoms with Crippen LogP contribution in [0.25, 0.3) is 0 Å². The van der Waals surface area contributed by atoms with Crippen molar-refractivity contribution in [3.8, 4) is 0 Å². The van der Waals surface area contributed by atoms with E-state index in [2.05, 4.69) is 10.3 Å². The van der Waals surface area contributed by atoms with Gasteiger partial charge in [-0.15, -0.1) is 11.8 Å². The van der Waals surface area contributed by atoms with E-state index in [1.807, 2.05) is 12.1 Å². The first-order chi connectivity index (χ1) is 9.62. The summed E-state index contributed by atoms with van der Waals surface area (Å²) in [5.74, 6) is -0.922. The molecule has 0 saturated heterocycles. The Kier molecular flexibility index (Phi) is 5.00. The van der Waals surface area contributed by atoms with Gasteiger partial charge in [0.05, 0.1) is 5.75 Å². The summed E-state index contributed by atoms with van der Waals surface area (Å²) in [7, 11) is 0. The summed E-state index contributed by atoms with van der Waals surface area (Å²) in [5.41, 5.74) is -1.06. The van der Waals surface area contributed by atoms with E-state index in [1.165, 1.54) is 11.8 Å². The van der Waals surface area contributed by atoms with E-state index in [0.717, 1.165) is 24.2 Å². The number of carbonyl (C=O) groups excluding carboxylic acids is 1. The number of nitrogens with one attached hydrogen (secondary N) is 1. The highest BCUT2D eigenvalue weighted by atomic mass is 32.2. The minimum atomic E-state index is -1.06. The molecule has 0 aliphatic heterocycles. The summed E-state index contributed by atoms with van der Waals surface area (Å²) in [6.45, 7) is 0. The van der Waals surface area contributed by atoms with Crippen LogP contribution in [0, 0.1) is 0 Å². The molecule has 1 heterocycles. The van der Waals surface area contributed by atoms with Crippen molar-refractivity contribution < 1.29 is 14.7 Å². The highest BCUT2D eigenvalue weighted by molar-refractivity contribution is 8.00. The van der Waals surface area contributed by atoms with Crippen molar-refractivity contribution in [1.82, 2.24) is 10.3 Å². The Bertz CT molecular complexity index is 473. The number of aromatic nitrogens is 1. The first-order valence-electron chi connectivity index (χ1n) is 6.70. The average molecular weight is 294 g/mol. The third kappa shape index (κ3) is 3.72. The molecule has 0 aromatic carbocycles. The van der Waals surface area contributed by atoms with Crippen molar-refractivity contribution in [2.45, 2.75) is 42.5 Å². The van der Waals surface area contributed by atoms with Gasteiger partial charge in [-0.1, -0.05) is 19.3 Å². The molecule has 0 spiro atoms. The molecule has 0 atom stereocenters. The number of amides is 1. The van der Waals surface area contributed by atoms with Gasteiger partial charge in [0.25, 0.3) is 0 Å². The lowest BCUT2D eigenvalue weighted by molar-refractivity contribution is -0.148. The van der Waals surface area contributed by atoms with Crippen LogP contribution in [0.1, 0.15) is 32.1 Å². The zero-order chi connectivity index (χ0) is 14.4. The maximum absolute atomic E-state index is 12.0. The predicted octanol–water partition coefficient (Wildman–Crippen LogP) is 2.08. The van der Waals surface area contributed by atoms with Crippen LogP contribution in [0.4, 0.5) is 0 Å². The van der Waals surface area contributed by atoms with Gasteiger partial charge in [0.1, 0.15) is 5.54 Å². The topological polar surface area (TPSA) is 79.3 Å². The van der Waals surface area contributed by atoms with E-state index in [4.69, 9.17) is 0 Å². The molecule has 0 unspecified atom stereocenters. The SMILES string of the molecule is O=C(CSc1ccncc1)NC1(C(=O)O)CCCCC1. The molecule has 5 nitrogen and oxygen atoms in total. The molecule has 20 heavy (non-hydrogen) atoms. The summed E-state index contributed by atoms with van der Waals surface area (Å²) >= 11 is 1.38. The molecule has 1 aliphatic rings. The summed E-state index contributed by atoms with van der Waals surface area (Å²) in [4.78, 5) is 28.3. The highest BCUT2D eigenvalue weighted by Gasteiger charge is 2.40. The Hall–Kier alpha value is -1.56. The number of carboxylic acid groups (broad SMARTS) is 1. The fourth-order valence-corrected chi connectivity index (χ4v) is 3.12. The molecule has 1 fully saturated rings. The van der Waals surface area contributed by atoms with E-state index in [1.54, 1.807) is 12.4 Å². The fourth-order valence-electron chi connectivity index (χ4n) is 2.43. The largest absolute Gasteiger partial charge is 0.480 e. The molecule has 0 bridgehead atoms. The van der Waals surface area contributed by atoms with E-state index in [0.29, 0.717) is 12.8 Å². The van der Waals surface area contributed by atoms with Gasteiger partial charge < -0.3 is 10.4 Å². The standard InChI is InChI=1S/C14H18N2O3S/c17-12(10-20-11-4-8-15-9-5-11)16-14(13(18)19)6-2-1-3-7-14/h4-5,8-9H,1-3,6-7,10H2,(H,16,17)(H,18,19). The van der Waals surface area contributed by atoms with E-state index in [-0.39, 0.29) is 11.7 Å². The molecular formula is C14H18N2O3S. The van der Waals surface area contributed by atoms with Crippen LogP contribution in [0.15, 0.2) is 29.4 Å². The van der Waals surface area contributed by atoms with Crippen LogP contribution in [0.2, 0.25) is 0 Å². The van der Waals surface area contributed by atoms with Gasteiger partial charge >= 0.3 is 5.97 Å². The molecule has 108 valence electrons. The molecule has 6 heteroatoms. The summed E-state index contributed by atoms with van der Waals surface area (Å²) in [6.07, 6.45) is 7.12. The van der Waals surface area contributed by atoms with Crippen LogP contribution >= 0.6 is 11.8 Å². The van der Waals surface area contributed by atoms with Crippen molar-refractivity contribution in [3.05, 3.63) is 24.5 Å². The quantitative estimate of drug-likeness (QED) is 0.813. The van der Waals surface area contributed by atoms with Crippen LogP contribution in [-0.4, -0.2) is 33.3 Å². The van der Waals surface area contributed by atoms with Crippen molar-refractivity contribution >= 4 is 23.6 Å². The van der Waals surface area contributed by atoms with Gasteiger partial charge in [0.2, 0.25) is 5.91 Å². The second-order valence-electron chi connectivity index (χ2n) is 4.97. The van der Waals surface area contributed by atoms with E-state index < -0.39 is 11.5 Å². The number of nitrogens with zero attached hydrogens (tertiary/aromatic N) is 1. The van der Waals surface area contributed by atoms with Crippen LogP contribution in [0.3, 0.4) is 0 Å². The monoisotopic (exact) mass is 294 g/mol. The maximum Gasteiger partial charge on any atom is 0.329 e. The fraction of sp³-hybridized carbons (Fsp3) is 0.500. The van der Waals surface area contributed by atoms with Crippen LogP contribution in [-0.2, 0) is 9.59 Å². The molecule has 1 amide bonds. The normalized spacial score (nSPS) is 17.4. The molecule has 2 rings (SSSR count). The van der Waals surface area contributed by atoms with Gasteiger partial charge in [0, 0.05) is 17.3 Å². The minimum Gasteiger partial charge on any atom is -0.480 e. The Morgan fingerprint density at radius 1 is 1.25 bits per heavy atom. The zero-order valence-electron chi connectivity index (χ0n) is 11.2. The van der Waals surface area contributed by atoms with Crippen LogP contribution < -0.4 is 5.32 Å². The minimum absolute atomic E-state index is 0.221. The van der Waals surface area contributed by atoms with E-state index in [9.17, 15) is 14.7 Å². The van der Waals surface area contributed by atoms with Gasteiger partial charge in [-0.2, -0.15) is 0 Å². The zero-order valence-corrected chi connectivity index (χ0v) is 12.0. The van der Waals surface area contributed by atoms with Gasteiger partial charge in [-0.3, -0.25) is 9.78 Å². The van der Waals surface area contributed by atoms with Crippen molar-refractivity contribution in [2.24, 2.45) is 0 Å². The molecule has 1 aliphatic carbocycles. The lowest BCUT2D eigenvalue weighted by Crippen LogP contribution is -2.56. The first-order valence-corrected chi connectivity index (χ1v) is 7.68. The number of carbonyl (C=O) groups is 2. The number of aliphatic carboxylic acids is 1. The van der Waals surface area contributed by atoms with Crippen molar-refractivity contribution in [3.63, 3.8) is 0 Å². The van der Waals surface area contributed by atoms with Crippen molar-refractivity contribution in [2.75, 3.05) is 5.75 Å². The third-order valence-electron chi connectivity index (χ3n) is 3.51. The summed E-state index contributed by atoms with van der Waals surface area (Å²) in [6, 6.07) is 3.65. The average Bonchev–Trinajstić information content (AvgIpc) is 2.47. The number of carboxylic acids is 1. The molecule has 0 radical (unpaired) electrons. The molecule has 1 aromatic heterocycles. The molecule has 2 N–H and O–H groups in total. The van der Waals surface area contributed by atoms with Crippen LogP contribution in [0.5, 0.6) is 0 Å². The number of hydrogen-bond donors (Lipinski definition) is 2. The lowest BCUT2D eigenvalue weighted by Gasteiger charge is -2.33. The first kappa shape index (κ1) is 14.8. The lowest BCUT2D eigenvalue weighted by atomic mass is 9.81. The predicted molar refractivity (Wildman–Crippen MR) is 76.6 cm³/mol. The molecule has 1 aromatic rings. The van der Waals surface area contributed by atoms with Gasteiger partial charge in [-0.25, -0.2) is 4.79 Å². The Balaban J connectivity index is 1.90. The van der Waals surface area contributed by atoms with Gasteiger partial charge in [-0.05, 0) is 25.0 Å². The second kappa shape index (κ2) is 6.74. The van der Waals surface area contributed by atoms with E-state index >= 15 is 0 Å². The molecule has 1 saturated carbocycles. The Morgan fingerprint density at radius 3 is 2.50 bits per heavy atom.